The van der Waals surface area contributed by atoms with Gasteiger partial charge in [0.1, 0.15) is 11.4 Å². The van der Waals surface area contributed by atoms with Gasteiger partial charge < -0.3 is 0 Å². The van der Waals surface area contributed by atoms with Gasteiger partial charge in [-0.25, -0.2) is 12.8 Å². The molecular weight excluding hydrogens is 309 g/mol. The molecule has 1 aliphatic heterocycles. The SMILES string of the molecule is CC(F)(CN1C(=O)c2ccccc2C1=O)CS(=O)(=O)Cl. The molecule has 0 fully saturated rings. The number of hydrogen-bond acceptors (Lipinski definition) is 4. The predicted molar refractivity (Wildman–Crippen MR) is 71.0 cm³/mol. The van der Waals surface area contributed by atoms with Crippen molar-refractivity contribution in [2.75, 3.05) is 12.3 Å². The fraction of sp³-hybridized carbons (Fsp3) is 0.333. The summed E-state index contributed by atoms with van der Waals surface area (Å²) in [6.07, 6.45) is 0. The molecule has 0 N–H and O–H groups in total. The van der Waals surface area contributed by atoms with Gasteiger partial charge >= 0.3 is 0 Å². The second-order valence-corrected chi connectivity index (χ2v) is 7.62. The number of amides is 2. The molecule has 0 aliphatic carbocycles. The Labute approximate surface area is 119 Å². The van der Waals surface area contributed by atoms with Crippen molar-refractivity contribution in [2.24, 2.45) is 0 Å². The van der Waals surface area contributed by atoms with E-state index >= 15 is 0 Å². The Balaban J connectivity index is 2.25. The van der Waals surface area contributed by atoms with Crippen LogP contribution in [-0.4, -0.2) is 43.1 Å². The van der Waals surface area contributed by atoms with Crippen LogP contribution in [0.15, 0.2) is 24.3 Å². The monoisotopic (exact) mass is 319 g/mol. The molecule has 0 aromatic heterocycles. The van der Waals surface area contributed by atoms with E-state index in [1.807, 2.05) is 0 Å². The highest BCUT2D eigenvalue weighted by atomic mass is 35.7. The number of alkyl halides is 1. The molecule has 2 rings (SSSR count). The summed E-state index contributed by atoms with van der Waals surface area (Å²) in [6.45, 7) is 0.321. The van der Waals surface area contributed by atoms with Crippen molar-refractivity contribution in [1.29, 1.82) is 0 Å². The summed E-state index contributed by atoms with van der Waals surface area (Å²) < 4.78 is 36.1. The predicted octanol–water partition coefficient (Wildman–Crippen LogP) is 1.58. The molecule has 1 heterocycles. The van der Waals surface area contributed by atoms with E-state index in [0.717, 1.165) is 6.92 Å². The number of carbonyl (C=O) groups is 2. The van der Waals surface area contributed by atoms with Crippen molar-refractivity contribution in [3.8, 4) is 0 Å². The average Bonchev–Trinajstić information content (AvgIpc) is 2.52. The van der Waals surface area contributed by atoms with E-state index < -0.39 is 38.8 Å². The fourth-order valence-corrected chi connectivity index (χ4v) is 3.61. The van der Waals surface area contributed by atoms with Gasteiger partial charge in [0.25, 0.3) is 11.8 Å². The highest BCUT2D eigenvalue weighted by Crippen LogP contribution is 2.26. The number of hydrogen-bond donors (Lipinski definition) is 0. The smallest absolute Gasteiger partial charge is 0.261 e. The fourth-order valence-electron chi connectivity index (χ4n) is 2.12. The van der Waals surface area contributed by atoms with E-state index in [-0.39, 0.29) is 11.1 Å². The van der Waals surface area contributed by atoms with Gasteiger partial charge in [-0.05, 0) is 19.1 Å². The highest BCUT2D eigenvalue weighted by Gasteiger charge is 2.41. The van der Waals surface area contributed by atoms with Crippen LogP contribution in [0.2, 0.25) is 0 Å². The summed E-state index contributed by atoms with van der Waals surface area (Å²) in [7, 11) is 0.931. The van der Waals surface area contributed by atoms with E-state index in [2.05, 4.69) is 0 Å². The summed E-state index contributed by atoms with van der Waals surface area (Å²) in [5.41, 5.74) is -1.95. The normalized spacial score (nSPS) is 18.1. The van der Waals surface area contributed by atoms with Gasteiger partial charge in [0.05, 0.1) is 17.7 Å². The third-order valence-electron chi connectivity index (χ3n) is 2.84. The summed E-state index contributed by atoms with van der Waals surface area (Å²) in [5.74, 6) is -2.25. The molecule has 8 heteroatoms. The van der Waals surface area contributed by atoms with Gasteiger partial charge in [-0.2, -0.15) is 0 Å². The maximum Gasteiger partial charge on any atom is 0.261 e. The van der Waals surface area contributed by atoms with Crippen molar-refractivity contribution in [2.45, 2.75) is 12.6 Å². The van der Waals surface area contributed by atoms with Crippen LogP contribution in [0.3, 0.4) is 0 Å². The van der Waals surface area contributed by atoms with Crippen LogP contribution in [0, 0.1) is 0 Å². The maximum atomic E-state index is 14.2. The molecule has 2 amide bonds. The first-order valence-corrected chi connectivity index (χ1v) is 8.15. The van der Waals surface area contributed by atoms with Gasteiger partial charge in [0.2, 0.25) is 9.05 Å². The summed E-state index contributed by atoms with van der Waals surface area (Å²) >= 11 is 0. The van der Waals surface area contributed by atoms with Crippen LogP contribution in [-0.2, 0) is 9.05 Å². The number of halogens is 2. The van der Waals surface area contributed by atoms with Gasteiger partial charge in [-0.3, -0.25) is 14.5 Å². The lowest BCUT2D eigenvalue weighted by Crippen LogP contribution is -2.44. The van der Waals surface area contributed by atoms with E-state index in [4.69, 9.17) is 10.7 Å². The molecule has 5 nitrogen and oxygen atoms in total. The number of carbonyl (C=O) groups excluding carboxylic acids is 2. The van der Waals surface area contributed by atoms with Crippen LogP contribution >= 0.6 is 10.7 Å². The van der Waals surface area contributed by atoms with Crippen molar-refractivity contribution < 1.29 is 22.4 Å². The first kappa shape index (κ1) is 14.9. The Hall–Kier alpha value is -1.47. The summed E-state index contributed by atoms with van der Waals surface area (Å²) in [5, 5.41) is 0. The Morgan fingerprint density at radius 1 is 1.20 bits per heavy atom. The lowest BCUT2D eigenvalue weighted by molar-refractivity contribution is 0.0550. The molecule has 1 aromatic carbocycles. The molecule has 1 aliphatic rings. The van der Waals surface area contributed by atoms with Crippen LogP contribution in [0.1, 0.15) is 27.6 Å². The standard InChI is InChI=1S/C12H11ClFNO4S/c1-12(14,7-20(13,18)19)6-15-10(16)8-4-2-3-5-9(8)11(15)17/h2-5H,6-7H2,1H3. The van der Waals surface area contributed by atoms with E-state index in [1.165, 1.54) is 12.1 Å². The highest BCUT2D eigenvalue weighted by molar-refractivity contribution is 8.13. The van der Waals surface area contributed by atoms with Gasteiger partial charge in [-0.15, -0.1) is 0 Å². The molecule has 1 aromatic rings. The Morgan fingerprint density at radius 2 is 1.65 bits per heavy atom. The zero-order valence-corrected chi connectivity index (χ0v) is 12.0. The van der Waals surface area contributed by atoms with Crippen molar-refractivity contribution in [3.05, 3.63) is 35.4 Å². The Morgan fingerprint density at radius 3 is 2.05 bits per heavy atom. The van der Waals surface area contributed by atoms with Crippen LogP contribution in [0.5, 0.6) is 0 Å². The molecule has 0 radical (unpaired) electrons. The second kappa shape index (κ2) is 4.82. The number of imide groups is 1. The molecule has 20 heavy (non-hydrogen) atoms. The number of benzene rings is 1. The quantitative estimate of drug-likeness (QED) is 0.624. The molecule has 0 saturated heterocycles. The zero-order chi connectivity index (χ0) is 15.1. The van der Waals surface area contributed by atoms with E-state index in [9.17, 15) is 22.4 Å². The topological polar surface area (TPSA) is 71.5 Å². The van der Waals surface area contributed by atoms with Crippen LogP contribution in [0.4, 0.5) is 4.39 Å². The van der Waals surface area contributed by atoms with Crippen LogP contribution in [0.25, 0.3) is 0 Å². The molecule has 0 spiro atoms. The Bertz CT molecular complexity index is 651. The van der Waals surface area contributed by atoms with Gasteiger partial charge in [-0.1, -0.05) is 12.1 Å². The third-order valence-corrected chi connectivity index (χ3v) is 4.11. The number of fused-ring (bicyclic) bond motifs is 1. The Kier molecular flexibility index (Phi) is 3.60. The average molecular weight is 320 g/mol. The molecule has 1 unspecified atom stereocenters. The summed E-state index contributed by atoms with van der Waals surface area (Å²) in [6, 6.07) is 6.10. The lowest BCUT2D eigenvalue weighted by Gasteiger charge is -2.24. The van der Waals surface area contributed by atoms with Gasteiger partial charge in [0, 0.05) is 10.7 Å². The molecule has 0 saturated carbocycles. The second-order valence-electron chi connectivity index (χ2n) is 4.84. The minimum absolute atomic E-state index is 0.182. The van der Waals surface area contributed by atoms with E-state index in [1.54, 1.807) is 12.1 Å². The summed E-state index contributed by atoms with van der Waals surface area (Å²) in [4.78, 5) is 24.7. The number of nitrogens with zero attached hydrogens (tertiary/aromatic N) is 1. The minimum Gasteiger partial charge on any atom is -0.271 e. The molecule has 0 bridgehead atoms. The van der Waals surface area contributed by atoms with Crippen molar-refractivity contribution in [3.63, 3.8) is 0 Å². The van der Waals surface area contributed by atoms with Crippen molar-refractivity contribution in [1.82, 2.24) is 4.90 Å². The van der Waals surface area contributed by atoms with Crippen molar-refractivity contribution >= 4 is 31.5 Å². The molecule has 108 valence electrons. The zero-order valence-electron chi connectivity index (χ0n) is 10.5. The van der Waals surface area contributed by atoms with Gasteiger partial charge in [0.15, 0.2) is 0 Å². The molecular formula is C12H11ClFNO4S. The maximum absolute atomic E-state index is 14.2. The lowest BCUT2D eigenvalue weighted by atomic mass is 10.1. The molecule has 1 atom stereocenters. The first-order valence-electron chi connectivity index (χ1n) is 5.67. The third kappa shape index (κ3) is 2.99. The largest absolute Gasteiger partial charge is 0.271 e. The minimum atomic E-state index is -4.08. The van der Waals surface area contributed by atoms with E-state index in [0.29, 0.717) is 4.90 Å². The first-order chi connectivity index (χ1) is 9.11. The number of rotatable bonds is 4. The van der Waals surface area contributed by atoms with Crippen LogP contribution < -0.4 is 0 Å².